The quantitative estimate of drug-likeness (QED) is 0.0318. The van der Waals surface area contributed by atoms with Crippen LogP contribution in [0.25, 0.3) is 0 Å². The van der Waals surface area contributed by atoms with Gasteiger partial charge in [-0.2, -0.15) is 4.99 Å². The number of alkyl carbamates (subject to hydrolysis) is 1. The standard InChI is InChI=1S/C25H42N4O6.C18H31N3O4.C8H15NO2S.2CH4/c1-16-13-19(14-17(2)27-16)34-15-21(30)20(29-22(31)25(7,8)33-9)11-10-12-26-18(3)28-23(32)35-24(4,5)6;1-12-9-14(10-13(2)20-12)25-11-16(22)15(7-6-8-19)21-17(23)18(3,4)24-5;1-6(12-5)9-7(10)11-8(2,3)4;;/h13-14,20-21,26,30H,3,10-12,15H2,1-2,4-9H3,(H,28,32)(H,29,31);9-10,15-16,22H,6-8,11,19H2,1-5H3,(H,21,23);1-5H3;2*1H4/t20-,21?;15-,16?;;;/m00.../s1. The Balaban J connectivity index is -0.00000113. The van der Waals surface area contributed by atoms with Crippen molar-refractivity contribution in [2.24, 2.45) is 10.7 Å². The summed E-state index contributed by atoms with van der Waals surface area (Å²) in [7, 11) is 2.93. The average Bonchev–Trinajstić information content (AvgIpc) is 3.25. The predicted molar refractivity (Wildman–Crippen MR) is 297 cm³/mol. The smallest absolute Gasteiger partial charge is 0.434 e. The second-order valence-corrected chi connectivity index (χ2v) is 20.9. The van der Waals surface area contributed by atoms with Gasteiger partial charge in [0.2, 0.25) is 0 Å². The first-order valence-corrected chi connectivity index (χ1v) is 25.1. The van der Waals surface area contributed by atoms with Gasteiger partial charge in [0, 0.05) is 67.8 Å². The lowest BCUT2D eigenvalue weighted by Gasteiger charge is -2.29. The van der Waals surface area contributed by atoms with Crippen LogP contribution in [0.2, 0.25) is 0 Å². The van der Waals surface area contributed by atoms with Crippen molar-refractivity contribution in [3.8, 4) is 11.5 Å². The van der Waals surface area contributed by atoms with Gasteiger partial charge in [0.1, 0.15) is 65.1 Å². The molecule has 0 saturated heterocycles. The zero-order valence-corrected chi connectivity index (χ0v) is 47.1. The third-order valence-electron chi connectivity index (χ3n) is 9.97. The van der Waals surface area contributed by atoms with E-state index >= 15 is 0 Å². The van der Waals surface area contributed by atoms with E-state index in [1.807, 2.05) is 54.7 Å². The van der Waals surface area contributed by atoms with Crippen LogP contribution in [-0.4, -0.2) is 143 Å². The van der Waals surface area contributed by atoms with Gasteiger partial charge in [0.25, 0.3) is 11.8 Å². The molecule has 4 atom stereocenters. The summed E-state index contributed by atoms with van der Waals surface area (Å²) in [5.74, 6) is 0.913. The molecule has 426 valence electrons. The molecular weight excluding hydrogens is 973 g/mol. The maximum Gasteiger partial charge on any atom is 0.434 e. The first-order chi connectivity index (χ1) is 33.2. The van der Waals surface area contributed by atoms with Crippen LogP contribution < -0.4 is 36.5 Å². The van der Waals surface area contributed by atoms with Crippen molar-refractivity contribution in [3.63, 3.8) is 0 Å². The number of aliphatic hydroxyl groups is 2. The Morgan fingerprint density at radius 2 is 1.08 bits per heavy atom. The van der Waals surface area contributed by atoms with Gasteiger partial charge >= 0.3 is 12.2 Å². The van der Waals surface area contributed by atoms with Gasteiger partial charge in [-0.25, -0.2) is 9.59 Å². The number of nitrogens with two attached hydrogens (primary N) is 1. The summed E-state index contributed by atoms with van der Waals surface area (Å²) in [6.45, 7) is 31.4. The number of thioether (sulfide) groups is 1. The third kappa shape index (κ3) is 33.0. The van der Waals surface area contributed by atoms with Crippen molar-refractivity contribution in [1.82, 2.24) is 31.2 Å². The van der Waals surface area contributed by atoms with E-state index in [0.717, 1.165) is 22.8 Å². The summed E-state index contributed by atoms with van der Waals surface area (Å²) < 4.78 is 32.0. The fourth-order valence-corrected chi connectivity index (χ4v) is 5.94. The second-order valence-electron chi connectivity index (χ2n) is 19.9. The van der Waals surface area contributed by atoms with E-state index in [2.05, 4.69) is 42.8 Å². The van der Waals surface area contributed by atoms with Crippen molar-refractivity contribution in [2.45, 2.75) is 191 Å². The Bertz CT molecular complexity index is 2000. The number of carbonyl (C=O) groups excluding carboxylic acids is 4. The van der Waals surface area contributed by atoms with Gasteiger partial charge in [0.05, 0.1) is 17.1 Å². The summed E-state index contributed by atoms with van der Waals surface area (Å²) in [6, 6.07) is 6.13. The predicted octanol–water partition coefficient (Wildman–Crippen LogP) is 7.78. The third-order valence-corrected chi connectivity index (χ3v) is 10.6. The van der Waals surface area contributed by atoms with Crippen LogP contribution in [0.3, 0.4) is 0 Å². The van der Waals surface area contributed by atoms with Crippen LogP contribution in [0.1, 0.15) is 139 Å². The van der Waals surface area contributed by atoms with Crippen LogP contribution in [0.15, 0.2) is 41.7 Å². The molecule has 2 unspecified atom stereocenters. The highest BCUT2D eigenvalue weighted by Crippen LogP contribution is 2.18. The SMILES string of the molecule is C.C.C=C(NCCC[C@H](NC(=O)C(C)(C)OC)C(O)COc1cc(C)nc(C)c1)NC(=O)OC(C)(C)C.COC(C)(C)C(=O)N[C@@H](CCCN)C(O)COc1cc(C)nc(C)c1.CSC(C)=NC(=O)OC(C)(C)C. The van der Waals surface area contributed by atoms with Gasteiger partial charge in [-0.05, 0) is 142 Å². The van der Waals surface area contributed by atoms with Crippen LogP contribution >= 0.6 is 11.8 Å². The molecule has 0 aliphatic rings. The number of nitrogens with one attached hydrogen (secondary N) is 4. The number of ether oxygens (including phenoxy) is 6. The molecular formula is C53H96N8O12S. The van der Waals surface area contributed by atoms with Crippen molar-refractivity contribution in [1.29, 1.82) is 0 Å². The Kier molecular flexibility index (Phi) is 34.9. The lowest BCUT2D eigenvalue weighted by molar-refractivity contribution is -0.141. The summed E-state index contributed by atoms with van der Waals surface area (Å²) >= 11 is 1.43. The van der Waals surface area contributed by atoms with Crippen LogP contribution in [0, 0.1) is 27.7 Å². The normalized spacial score (nSPS) is 13.2. The van der Waals surface area contributed by atoms with E-state index in [9.17, 15) is 29.4 Å². The molecule has 74 heavy (non-hydrogen) atoms. The number of aliphatic hydroxyl groups excluding tert-OH is 2. The fourth-order valence-electron chi connectivity index (χ4n) is 5.77. The number of aliphatic imine (C=N–C) groups is 1. The van der Waals surface area contributed by atoms with Crippen molar-refractivity contribution in [3.05, 3.63) is 59.4 Å². The lowest BCUT2D eigenvalue weighted by Crippen LogP contribution is -2.53. The first-order valence-electron chi connectivity index (χ1n) is 23.9. The minimum atomic E-state index is -1.05. The second kappa shape index (κ2) is 35.2. The summed E-state index contributed by atoms with van der Waals surface area (Å²) in [5.41, 5.74) is 5.78. The molecule has 4 amide bonds. The zero-order chi connectivity index (χ0) is 55.6. The lowest BCUT2D eigenvalue weighted by atomic mass is 10.0. The molecule has 2 aromatic heterocycles. The van der Waals surface area contributed by atoms with E-state index in [4.69, 9.17) is 34.2 Å². The Morgan fingerprint density at radius 3 is 1.42 bits per heavy atom. The van der Waals surface area contributed by atoms with E-state index in [-0.39, 0.29) is 39.9 Å². The van der Waals surface area contributed by atoms with E-state index in [0.29, 0.717) is 61.1 Å². The molecule has 2 heterocycles. The Hall–Kier alpha value is -5.06. The summed E-state index contributed by atoms with van der Waals surface area (Å²) in [5, 5.41) is 33.3. The number of rotatable bonds is 23. The van der Waals surface area contributed by atoms with Gasteiger partial charge in [0.15, 0.2) is 0 Å². The van der Waals surface area contributed by atoms with Gasteiger partial charge in [-0.1, -0.05) is 21.4 Å². The summed E-state index contributed by atoms with van der Waals surface area (Å²) in [6.07, 6.45) is 1.16. The molecule has 0 aliphatic carbocycles. The fraction of sp³-hybridized carbons (Fsp3) is 0.679. The van der Waals surface area contributed by atoms with Crippen molar-refractivity contribution >= 4 is 40.8 Å². The number of hydrogen-bond donors (Lipinski definition) is 7. The molecule has 8 N–H and O–H groups in total. The molecule has 0 saturated carbocycles. The number of nitrogens with zero attached hydrogens (tertiary/aromatic N) is 3. The largest absolute Gasteiger partial charge is 0.491 e. The van der Waals surface area contributed by atoms with Crippen molar-refractivity contribution < 1.29 is 57.8 Å². The number of methoxy groups -OCH3 is 2. The minimum absolute atomic E-state index is 0. The molecule has 2 rings (SSSR count). The van der Waals surface area contributed by atoms with Gasteiger partial charge < -0.3 is 60.3 Å². The van der Waals surface area contributed by atoms with Crippen LogP contribution in [0.4, 0.5) is 9.59 Å². The molecule has 0 bridgehead atoms. The molecule has 0 radical (unpaired) electrons. The summed E-state index contributed by atoms with van der Waals surface area (Å²) in [4.78, 5) is 60.1. The number of aryl methyl sites for hydroxylation is 4. The highest BCUT2D eigenvalue weighted by Gasteiger charge is 2.33. The first kappa shape index (κ1) is 73.2. The topological polar surface area (TPSA) is 276 Å². The number of amides is 4. The van der Waals surface area contributed by atoms with E-state index < -0.39 is 58.9 Å². The Labute approximate surface area is 447 Å². The molecule has 0 fully saturated rings. The monoisotopic (exact) mass is 1070 g/mol. The number of carbonyl (C=O) groups is 4. The maximum absolute atomic E-state index is 12.7. The molecule has 2 aromatic rings. The van der Waals surface area contributed by atoms with E-state index in [1.54, 1.807) is 79.7 Å². The Morgan fingerprint density at radius 1 is 0.703 bits per heavy atom. The van der Waals surface area contributed by atoms with Gasteiger partial charge in [-0.15, -0.1) is 11.8 Å². The van der Waals surface area contributed by atoms with E-state index in [1.165, 1.54) is 26.0 Å². The van der Waals surface area contributed by atoms with Crippen LogP contribution in [0.5, 0.6) is 11.5 Å². The highest BCUT2D eigenvalue weighted by atomic mass is 32.2. The number of aromatic nitrogens is 2. The minimum Gasteiger partial charge on any atom is -0.491 e. The molecule has 0 spiro atoms. The highest BCUT2D eigenvalue weighted by molar-refractivity contribution is 8.13. The van der Waals surface area contributed by atoms with Crippen LogP contribution in [-0.2, 0) is 28.5 Å². The van der Waals surface area contributed by atoms with Gasteiger partial charge in [-0.3, -0.25) is 24.9 Å². The average molecular weight is 1070 g/mol. The number of pyridine rings is 2. The molecule has 0 aliphatic heterocycles. The maximum atomic E-state index is 12.7. The van der Waals surface area contributed by atoms with Crippen molar-refractivity contribution in [2.75, 3.05) is 46.8 Å². The molecule has 20 nitrogen and oxygen atoms in total. The molecule has 21 heteroatoms. The molecule has 0 aromatic carbocycles. The number of hydrogen-bond acceptors (Lipinski definition) is 17. The zero-order valence-electron chi connectivity index (χ0n) is 46.3.